The van der Waals surface area contributed by atoms with Gasteiger partial charge in [-0.05, 0) is 29.8 Å². The Morgan fingerprint density at radius 3 is 2.75 bits per heavy atom. The summed E-state index contributed by atoms with van der Waals surface area (Å²) in [4.78, 5) is 33.4. The fourth-order valence-electron chi connectivity index (χ4n) is 3.55. The molecule has 1 unspecified atom stereocenters. The van der Waals surface area contributed by atoms with Gasteiger partial charge in [0.2, 0.25) is 0 Å². The molecule has 7 heteroatoms. The summed E-state index contributed by atoms with van der Waals surface area (Å²) in [5, 5.41) is 0.596. The SMILES string of the molecule is COC(=O)/C=C1/C(=O)N(c2nc3ccccc3s2)C2C=Cc3ccccc3N12. The number of ether oxygens (including phenoxy) is 1. The molecule has 1 aromatic heterocycles. The van der Waals surface area contributed by atoms with Crippen molar-refractivity contribution in [3.63, 3.8) is 0 Å². The van der Waals surface area contributed by atoms with Crippen molar-refractivity contribution in [2.24, 2.45) is 0 Å². The first-order valence-electron chi connectivity index (χ1n) is 8.72. The summed E-state index contributed by atoms with van der Waals surface area (Å²) in [5.41, 5.74) is 2.95. The molecule has 0 radical (unpaired) electrons. The van der Waals surface area contributed by atoms with Gasteiger partial charge in [-0.3, -0.25) is 9.69 Å². The summed E-state index contributed by atoms with van der Waals surface area (Å²) in [6.07, 6.45) is 4.80. The molecule has 2 aliphatic heterocycles. The fraction of sp³-hybridized carbons (Fsp3) is 0.0952. The Balaban J connectivity index is 1.68. The van der Waals surface area contributed by atoms with Crippen molar-refractivity contribution in [3.05, 3.63) is 71.9 Å². The summed E-state index contributed by atoms with van der Waals surface area (Å²) in [6, 6.07) is 15.5. The van der Waals surface area contributed by atoms with Crippen LogP contribution in [0.15, 0.2) is 66.4 Å². The van der Waals surface area contributed by atoms with Crippen molar-refractivity contribution in [3.8, 4) is 0 Å². The zero-order valence-electron chi connectivity index (χ0n) is 14.9. The van der Waals surface area contributed by atoms with Crippen molar-refractivity contribution in [2.75, 3.05) is 16.9 Å². The summed E-state index contributed by atoms with van der Waals surface area (Å²) < 4.78 is 5.78. The number of benzene rings is 2. The van der Waals surface area contributed by atoms with Gasteiger partial charge in [-0.1, -0.05) is 47.7 Å². The number of nitrogens with zero attached hydrogens (tertiary/aromatic N) is 3. The van der Waals surface area contributed by atoms with E-state index in [-0.39, 0.29) is 17.8 Å². The van der Waals surface area contributed by atoms with Gasteiger partial charge in [0, 0.05) is 0 Å². The summed E-state index contributed by atoms with van der Waals surface area (Å²) >= 11 is 1.45. The standard InChI is InChI=1S/C21H15N3O3S/c1-27-19(25)12-16-20(26)24(21-22-14-7-3-5-9-17(14)28-21)18-11-10-13-6-2-4-8-15(13)23(16)18/h2-12,18H,1H3/b16-12-. The highest BCUT2D eigenvalue weighted by molar-refractivity contribution is 7.22. The Kier molecular flexibility index (Phi) is 3.77. The van der Waals surface area contributed by atoms with E-state index in [1.807, 2.05) is 65.6 Å². The highest BCUT2D eigenvalue weighted by atomic mass is 32.1. The lowest BCUT2D eigenvalue weighted by atomic mass is 10.1. The number of carbonyl (C=O) groups is 2. The van der Waals surface area contributed by atoms with Crippen molar-refractivity contribution < 1.29 is 14.3 Å². The van der Waals surface area contributed by atoms with E-state index in [1.54, 1.807) is 4.90 Å². The maximum Gasteiger partial charge on any atom is 0.332 e. The molecule has 0 bridgehead atoms. The van der Waals surface area contributed by atoms with Crippen LogP contribution in [0, 0.1) is 0 Å². The molecule has 3 aromatic rings. The molecular formula is C21H15N3O3S. The zero-order valence-corrected chi connectivity index (χ0v) is 15.7. The van der Waals surface area contributed by atoms with E-state index < -0.39 is 5.97 Å². The molecule has 0 saturated carbocycles. The molecule has 1 amide bonds. The van der Waals surface area contributed by atoms with Gasteiger partial charge in [-0.15, -0.1) is 0 Å². The minimum atomic E-state index is -0.569. The number of hydrogen-bond donors (Lipinski definition) is 0. The molecular weight excluding hydrogens is 374 g/mol. The third-order valence-electron chi connectivity index (χ3n) is 4.82. The maximum absolute atomic E-state index is 13.4. The van der Waals surface area contributed by atoms with Gasteiger partial charge >= 0.3 is 5.97 Å². The molecule has 0 aliphatic carbocycles. The minimum Gasteiger partial charge on any atom is -0.466 e. The van der Waals surface area contributed by atoms with E-state index in [2.05, 4.69) is 4.98 Å². The van der Waals surface area contributed by atoms with Crippen molar-refractivity contribution in [2.45, 2.75) is 6.17 Å². The summed E-state index contributed by atoms with van der Waals surface area (Å²) in [7, 11) is 1.30. The fourth-order valence-corrected chi connectivity index (χ4v) is 4.55. The summed E-state index contributed by atoms with van der Waals surface area (Å²) in [6.45, 7) is 0. The van der Waals surface area contributed by atoms with Crippen LogP contribution < -0.4 is 9.80 Å². The number of carbonyl (C=O) groups excluding carboxylic acids is 2. The van der Waals surface area contributed by atoms with Gasteiger partial charge in [-0.25, -0.2) is 9.78 Å². The number of methoxy groups -OCH3 is 1. The summed E-state index contributed by atoms with van der Waals surface area (Å²) in [5.74, 6) is -0.851. The third kappa shape index (κ3) is 2.44. The van der Waals surface area contributed by atoms with E-state index >= 15 is 0 Å². The molecule has 3 heterocycles. The minimum absolute atomic E-state index is 0.271. The molecule has 1 saturated heterocycles. The molecule has 6 nitrogen and oxygen atoms in total. The van der Waals surface area contributed by atoms with Crippen LogP contribution >= 0.6 is 11.3 Å². The number of anilines is 2. The highest BCUT2D eigenvalue weighted by Crippen LogP contribution is 2.42. The van der Waals surface area contributed by atoms with Gasteiger partial charge in [-0.2, -0.15) is 0 Å². The number of thiazole rings is 1. The lowest BCUT2D eigenvalue weighted by Crippen LogP contribution is -2.39. The van der Waals surface area contributed by atoms with Crippen molar-refractivity contribution in [1.82, 2.24) is 4.98 Å². The number of hydrogen-bond acceptors (Lipinski definition) is 6. The maximum atomic E-state index is 13.4. The van der Waals surface area contributed by atoms with Crippen LogP contribution in [-0.4, -0.2) is 30.1 Å². The molecule has 138 valence electrons. The van der Waals surface area contributed by atoms with E-state index in [1.165, 1.54) is 24.5 Å². The van der Waals surface area contributed by atoms with Crippen LogP contribution in [0.25, 0.3) is 16.3 Å². The number of rotatable bonds is 2. The van der Waals surface area contributed by atoms with E-state index in [9.17, 15) is 9.59 Å². The van der Waals surface area contributed by atoms with Crippen LogP contribution in [0.5, 0.6) is 0 Å². The average molecular weight is 389 g/mol. The third-order valence-corrected chi connectivity index (χ3v) is 5.85. The van der Waals surface area contributed by atoms with Crippen LogP contribution in [0.3, 0.4) is 0 Å². The Labute approximate surface area is 165 Å². The van der Waals surface area contributed by atoms with Crippen molar-refractivity contribution in [1.29, 1.82) is 0 Å². The first-order chi connectivity index (χ1) is 13.7. The molecule has 0 spiro atoms. The highest BCUT2D eigenvalue weighted by Gasteiger charge is 2.45. The van der Waals surface area contributed by atoms with E-state index in [4.69, 9.17) is 4.74 Å². The number of esters is 1. The molecule has 0 N–H and O–H groups in total. The molecule has 2 aliphatic rings. The number of aromatic nitrogens is 1. The van der Waals surface area contributed by atoms with Gasteiger partial charge in [0.05, 0.1) is 29.1 Å². The Hall–Kier alpha value is -3.45. The quantitative estimate of drug-likeness (QED) is 0.495. The number of amides is 1. The monoisotopic (exact) mass is 389 g/mol. The second kappa shape index (κ2) is 6.31. The second-order valence-electron chi connectivity index (χ2n) is 6.39. The second-order valence-corrected chi connectivity index (χ2v) is 7.40. The largest absolute Gasteiger partial charge is 0.466 e. The van der Waals surface area contributed by atoms with E-state index in [0.717, 1.165) is 21.5 Å². The lowest BCUT2D eigenvalue weighted by molar-refractivity contribution is -0.135. The average Bonchev–Trinajstić information content (AvgIpc) is 3.26. The van der Waals surface area contributed by atoms with Crippen LogP contribution in [-0.2, 0) is 14.3 Å². The topological polar surface area (TPSA) is 62.7 Å². The van der Waals surface area contributed by atoms with Crippen LogP contribution in [0.2, 0.25) is 0 Å². The lowest BCUT2D eigenvalue weighted by Gasteiger charge is -2.31. The molecule has 1 fully saturated rings. The first-order valence-corrected chi connectivity index (χ1v) is 9.54. The first kappa shape index (κ1) is 16.7. The van der Waals surface area contributed by atoms with Gasteiger partial charge in [0.15, 0.2) is 5.13 Å². The zero-order chi connectivity index (χ0) is 19.3. The van der Waals surface area contributed by atoms with Crippen molar-refractivity contribution >= 4 is 50.3 Å². The Bertz CT molecular complexity index is 1150. The number of fused-ring (bicyclic) bond motifs is 4. The number of para-hydroxylation sites is 2. The van der Waals surface area contributed by atoms with Gasteiger partial charge < -0.3 is 9.64 Å². The molecule has 2 aromatic carbocycles. The Morgan fingerprint density at radius 2 is 1.93 bits per heavy atom. The molecule has 1 atom stereocenters. The van der Waals surface area contributed by atoms with E-state index in [0.29, 0.717) is 5.13 Å². The van der Waals surface area contributed by atoms with Crippen LogP contribution in [0.1, 0.15) is 5.56 Å². The predicted octanol–water partition coefficient (Wildman–Crippen LogP) is 3.56. The Morgan fingerprint density at radius 1 is 1.14 bits per heavy atom. The van der Waals surface area contributed by atoms with Crippen LogP contribution in [0.4, 0.5) is 10.8 Å². The molecule has 28 heavy (non-hydrogen) atoms. The normalized spacial score (nSPS) is 19.2. The predicted molar refractivity (Wildman–Crippen MR) is 109 cm³/mol. The van der Waals surface area contributed by atoms with Gasteiger partial charge in [0.1, 0.15) is 11.9 Å². The van der Waals surface area contributed by atoms with Gasteiger partial charge in [0.25, 0.3) is 5.91 Å². The molecule has 5 rings (SSSR count). The smallest absolute Gasteiger partial charge is 0.332 e.